The molecule has 1 unspecified atom stereocenters. The van der Waals surface area contributed by atoms with Crippen molar-refractivity contribution in [3.8, 4) is 0 Å². The van der Waals surface area contributed by atoms with Crippen LogP contribution in [0.3, 0.4) is 0 Å². The lowest BCUT2D eigenvalue weighted by molar-refractivity contribution is -0.141. The first-order valence-electron chi connectivity index (χ1n) is 3.15. The maximum absolute atomic E-state index is 10.1. The predicted molar refractivity (Wildman–Crippen MR) is 34.8 cm³/mol. The van der Waals surface area contributed by atoms with E-state index in [0.717, 1.165) is 0 Å². The maximum atomic E-state index is 10.1. The van der Waals surface area contributed by atoms with E-state index in [4.69, 9.17) is 14.9 Å². The van der Waals surface area contributed by atoms with Crippen LogP contribution in [0.5, 0.6) is 0 Å². The minimum atomic E-state index is -0.951. The molecule has 0 amide bonds. The first kappa shape index (κ1) is 9.39. The van der Waals surface area contributed by atoms with Gasteiger partial charge in [-0.3, -0.25) is 4.79 Å². The van der Waals surface area contributed by atoms with Crippen molar-refractivity contribution in [3.63, 3.8) is 0 Å². The molecule has 0 aliphatic heterocycles. The molecular weight excluding hydrogens is 136 g/mol. The van der Waals surface area contributed by atoms with Crippen LogP contribution in [0, 0.1) is 0 Å². The smallest absolute Gasteiger partial charge is 0.306 e. The largest absolute Gasteiger partial charge is 0.481 e. The normalized spacial score (nSPS) is 13.0. The van der Waals surface area contributed by atoms with Crippen LogP contribution >= 0.6 is 0 Å². The van der Waals surface area contributed by atoms with Gasteiger partial charge in [-0.2, -0.15) is 0 Å². The summed E-state index contributed by atoms with van der Waals surface area (Å²) in [6.45, 7) is 1.95. The monoisotopic (exact) mass is 148 g/mol. The summed E-state index contributed by atoms with van der Waals surface area (Å²) in [7, 11) is 0. The van der Waals surface area contributed by atoms with Crippen LogP contribution in [0.2, 0.25) is 0 Å². The number of aliphatic carboxylic acids is 1. The van der Waals surface area contributed by atoms with Gasteiger partial charge in [0.2, 0.25) is 0 Å². The van der Waals surface area contributed by atoms with Gasteiger partial charge < -0.3 is 14.9 Å². The molecule has 0 aromatic heterocycles. The maximum Gasteiger partial charge on any atom is 0.306 e. The predicted octanol–water partition coefficient (Wildman–Crippen LogP) is -0.142. The summed E-state index contributed by atoms with van der Waals surface area (Å²) < 4.78 is 4.87. The number of aliphatic hydroxyl groups is 1. The van der Waals surface area contributed by atoms with Crippen molar-refractivity contribution in [1.29, 1.82) is 0 Å². The molecule has 10 heavy (non-hydrogen) atoms. The van der Waals surface area contributed by atoms with Crippen molar-refractivity contribution in [3.05, 3.63) is 0 Å². The molecule has 0 aromatic carbocycles. The van der Waals surface area contributed by atoms with Gasteiger partial charge in [0.25, 0.3) is 0 Å². The first-order chi connectivity index (χ1) is 4.70. The highest BCUT2D eigenvalue weighted by atomic mass is 16.5. The lowest BCUT2D eigenvalue weighted by atomic mass is 10.3. The van der Waals surface area contributed by atoms with Gasteiger partial charge in [0.1, 0.15) is 0 Å². The number of aliphatic hydroxyl groups excluding tert-OH is 1. The quantitative estimate of drug-likeness (QED) is 0.569. The number of carboxylic acids is 1. The van der Waals surface area contributed by atoms with E-state index in [1.165, 1.54) is 0 Å². The topological polar surface area (TPSA) is 66.8 Å². The fraction of sp³-hybridized carbons (Fsp3) is 0.833. The molecule has 0 saturated carbocycles. The Morgan fingerprint density at radius 2 is 2.30 bits per heavy atom. The number of carbonyl (C=O) groups is 1. The Balaban J connectivity index is 3.49. The Kier molecular flexibility index (Phi) is 4.88. The second kappa shape index (κ2) is 5.20. The second-order valence-electron chi connectivity index (χ2n) is 1.86. The molecule has 1 atom stereocenters. The molecule has 0 aliphatic carbocycles. The molecule has 0 rings (SSSR count). The van der Waals surface area contributed by atoms with E-state index in [-0.39, 0.29) is 13.0 Å². The van der Waals surface area contributed by atoms with E-state index < -0.39 is 12.1 Å². The Bertz CT molecular complexity index is 102. The molecule has 0 aliphatic rings. The molecular formula is C6H12O4. The molecule has 0 fully saturated rings. The Morgan fingerprint density at radius 1 is 1.70 bits per heavy atom. The molecule has 0 heterocycles. The Labute approximate surface area is 59.4 Å². The molecule has 0 spiro atoms. The summed E-state index contributed by atoms with van der Waals surface area (Å²) in [4.78, 5) is 10.1. The van der Waals surface area contributed by atoms with E-state index >= 15 is 0 Å². The van der Waals surface area contributed by atoms with Crippen molar-refractivity contribution < 1.29 is 19.7 Å². The summed E-state index contributed by atoms with van der Waals surface area (Å²) in [5.41, 5.74) is 0. The van der Waals surface area contributed by atoms with Crippen LogP contribution in [0.25, 0.3) is 0 Å². The number of hydrogen-bond donors (Lipinski definition) is 2. The third-order valence-electron chi connectivity index (χ3n) is 1.01. The van der Waals surface area contributed by atoms with Crippen LogP contribution in [-0.2, 0) is 9.53 Å². The van der Waals surface area contributed by atoms with Gasteiger partial charge in [-0.05, 0) is 6.92 Å². The number of carboxylic acid groups (broad SMARTS) is 1. The Hall–Kier alpha value is -0.610. The number of rotatable bonds is 5. The van der Waals surface area contributed by atoms with E-state index in [1.54, 1.807) is 6.92 Å². The van der Waals surface area contributed by atoms with Gasteiger partial charge in [-0.1, -0.05) is 0 Å². The lowest BCUT2D eigenvalue weighted by Crippen LogP contribution is -2.21. The van der Waals surface area contributed by atoms with Crippen molar-refractivity contribution in [1.82, 2.24) is 0 Å². The van der Waals surface area contributed by atoms with Crippen LogP contribution in [-0.4, -0.2) is 35.5 Å². The summed E-state index contributed by atoms with van der Waals surface area (Å²) >= 11 is 0. The molecule has 0 radical (unpaired) electrons. The van der Waals surface area contributed by atoms with Crippen molar-refractivity contribution in [2.75, 3.05) is 13.2 Å². The van der Waals surface area contributed by atoms with Gasteiger partial charge in [-0.15, -0.1) is 0 Å². The summed E-state index contributed by atoms with van der Waals surface area (Å²) in [6.07, 6.45) is -0.688. The minimum absolute atomic E-state index is 0.135. The summed E-state index contributed by atoms with van der Waals surface area (Å²) in [5, 5.41) is 16.8. The average molecular weight is 148 g/mol. The van der Waals surface area contributed by atoms with E-state index in [1.807, 2.05) is 0 Å². The standard InChI is InChI=1S/C6H12O4/c1-2-10-5(4-7)3-6(8)9/h5,7H,2-4H2,1H3,(H,8,9). The first-order valence-corrected chi connectivity index (χ1v) is 3.15. The zero-order valence-electron chi connectivity index (χ0n) is 5.91. The number of ether oxygens (including phenoxy) is 1. The zero-order valence-corrected chi connectivity index (χ0v) is 5.91. The van der Waals surface area contributed by atoms with Gasteiger partial charge in [0, 0.05) is 6.61 Å². The highest BCUT2D eigenvalue weighted by Crippen LogP contribution is 1.96. The second-order valence-corrected chi connectivity index (χ2v) is 1.86. The highest BCUT2D eigenvalue weighted by Gasteiger charge is 2.10. The van der Waals surface area contributed by atoms with Crippen LogP contribution in [0.15, 0.2) is 0 Å². The molecule has 4 heteroatoms. The third-order valence-corrected chi connectivity index (χ3v) is 1.01. The minimum Gasteiger partial charge on any atom is -0.481 e. The fourth-order valence-corrected chi connectivity index (χ4v) is 0.607. The van der Waals surface area contributed by atoms with E-state index in [0.29, 0.717) is 6.61 Å². The van der Waals surface area contributed by atoms with Gasteiger partial charge in [-0.25, -0.2) is 0 Å². The molecule has 60 valence electrons. The Morgan fingerprint density at radius 3 is 2.60 bits per heavy atom. The molecule has 0 aromatic rings. The van der Waals surface area contributed by atoms with Crippen molar-refractivity contribution in [2.24, 2.45) is 0 Å². The van der Waals surface area contributed by atoms with E-state index in [9.17, 15) is 4.79 Å². The average Bonchev–Trinajstić information content (AvgIpc) is 1.86. The van der Waals surface area contributed by atoms with Gasteiger partial charge >= 0.3 is 5.97 Å². The van der Waals surface area contributed by atoms with Crippen LogP contribution in [0.1, 0.15) is 13.3 Å². The van der Waals surface area contributed by atoms with Gasteiger partial charge in [0.15, 0.2) is 0 Å². The number of hydrogen-bond acceptors (Lipinski definition) is 3. The fourth-order valence-electron chi connectivity index (χ4n) is 0.607. The molecule has 0 bridgehead atoms. The van der Waals surface area contributed by atoms with E-state index in [2.05, 4.69) is 0 Å². The zero-order chi connectivity index (χ0) is 7.98. The van der Waals surface area contributed by atoms with Crippen molar-refractivity contribution >= 4 is 5.97 Å². The highest BCUT2D eigenvalue weighted by molar-refractivity contribution is 5.67. The third kappa shape index (κ3) is 4.29. The summed E-state index contributed by atoms with van der Waals surface area (Å²) in [6, 6.07) is 0. The molecule has 2 N–H and O–H groups in total. The lowest BCUT2D eigenvalue weighted by Gasteiger charge is -2.10. The molecule has 4 nitrogen and oxygen atoms in total. The van der Waals surface area contributed by atoms with Crippen molar-refractivity contribution in [2.45, 2.75) is 19.4 Å². The van der Waals surface area contributed by atoms with Crippen LogP contribution < -0.4 is 0 Å². The van der Waals surface area contributed by atoms with Crippen LogP contribution in [0.4, 0.5) is 0 Å². The molecule has 0 saturated heterocycles. The van der Waals surface area contributed by atoms with Gasteiger partial charge in [0.05, 0.1) is 19.1 Å². The SMILES string of the molecule is CCOC(CO)CC(=O)O. The summed E-state index contributed by atoms with van der Waals surface area (Å²) in [5.74, 6) is -0.951.